The molecule has 0 aliphatic carbocycles. The first-order valence-electron chi connectivity index (χ1n) is 8.92. The first-order valence-corrected chi connectivity index (χ1v) is 9.30. The second kappa shape index (κ2) is 7.64. The lowest BCUT2D eigenvalue weighted by molar-refractivity contribution is -0.274. The van der Waals surface area contributed by atoms with Gasteiger partial charge in [0, 0.05) is 19.3 Å². The zero-order valence-electron chi connectivity index (χ0n) is 15.7. The second-order valence-electron chi connectivity index (χ2n) is 6.92. The van der Waals surface area contributed by atoms with Crippen LogP contribution in [0.3, 0.4) is 0 Å². The Morgan fingerprint density at radius 1 is 1.28 bits per heavy atom. The first-order chi connectivity index (χ1) is 15.0. The van der Waals surface area contributed by atoms with Gasteiger partial charge in [-0.3, -0.25) is 9.36 Å². The molecule has 0 bridgehead atoms. The topological polar surface area (TPSA) is 105 Å². The number of anilines is 1. The number of aromatic carboxylic acids is 1. The SMILES string of the molecule is O=C(O)c1cn(-c2ccc(OC(F)(F)F)cn2)c2c(Cl)c(N3CC(O)C3)c(F)cc2c1=O. The maximum Gasteiger partial charge on any atom is 0.573 e. The van der Waals surface area contributed by atoms with Crippen LogP contribution in [0.15, 0.2) is 35.4 Å². The summed E-state index contributed by atoms with van der Waals surface area (Å²) in [5, 5.41) is 18.3. The molecule has 168 valence electrons. The molecular weight excluding hydrogens is 462 g/mol. The molecule has 0 unspecified atom stereocenters. The van der Waals surface area contributed by atoms with Gasteiger partial charge in [0.2, 0.25) is 5.43 Å². The quantitative estimate of drug-likeness (QED) is 0.561. The van der Waals surface area contributed by atoms with Crippen LogP contribution in [-0.4, -0.2) is 51.3 Å². The number of aliphatic hydroxyl groups excluding tert-OH is 1. The van der Waals surface area contributed by atoms with Crippen molar-refractivity contribution in [1.29, 1.82) is 0 Å². The van der Waals surface area contributed by atoms with Crippen LogP contribution in [0.2, 0.25) is 5.02 Å². The Balaban J connectivity index is 1.96. The van der Waals surface area contributed by atoms with Crippen molar-refractivity contribution in [3.8, 4) is 11.6 Å². The fourth-order valence-corrected chi connectivity index (χ4v) is 3.78. The van der Waals surface area contributed by atoms with Gasteiger partial charge in [-0.1, -0.05) is 11.6 Å². The summed E-state index contributed by atoms with van der Waals surface area (Å²) in [7, 11) is 0. The third-order valence-corrected chi connectivity index (χ3v) is 5.12. The molecule has 0 saturated carbocycles. The van der Waals surface area contributed by atoms with Crippen molar-refractivity contribution in [2.24, 2.45) is 0 Å². The Morgan fingerprint density at radius 2 is 1.97 bits per heavy atom. The van der Waals surface area contributed by atoms with Crippen molar-refractivity contribution >= 4 is 34.2 Å². The normalized spacial score (nSPS) is 14.5. The van der Waals surface area contributed by atoms with Crippen LogP contribution in [0.5, 0.6) is 5.75 Å². The molecule has 0 radical (unpaired) electrons. The van der Waals surface area contributed by atoms with Crippen molar-refractivity contribution in [3.05, 3.63) is 57.2 Å². The van der Waals surface area contributed by atoms with Crippen LogP contribution < -0.4 is 15.1 Å². The summed E-state index contributed by atoms with van der Waals surface area (Å²) < 4.78 is 56.8. The van der Waals surface area contributed by atoms with Gasteiger partial charge >= 0.3 is 12.3 Å². The molecule has 3 heterocycles. The lowest BCUT2D eigenvalue weighted by atomic mass is 10.1. The highest BCUT2D eigenvalue weighted by molar-refractivity contribution is 6.38. The molecule has 1 aromatic carbocycles. The number of benzene rings is 1. The summed E-state index contributed by atoms with van der Waals surface area (Å²) in [5.41, 5.74) is -1.94. The molecule has 1 saturated heterocycles. The lowest BCUT2D eigenvalue weighted by Gasteiger charge is -2.38. The van der Waals surface area contributed by atoms with E-state index in [-0.39, 0.29) is 40.5 Å². The van der Waals surface area contributed by atoms with Gasteiger partial charge in [0.25, 0.3) is 0 Å². The van der Waals surface area contributed by atoms with Crippen LogP contribution in [0.1, 0.15) is 10.4 Å². The zero-order chi connectivity index (χ0) is 23.4. The number of β-amino-alcohol motifs (C(OH)–C–C–N with tert-alkyl or cyclic N) is 1. The number of ether oxygens (including phenoxy) is 1. The highest BCUT2D eigenvalue weighted by Crippen LogP contribution is 2.38. The highest BCUT2D eigenvalue weighted by atomic mass is 35.5. The highest BCUT2D eigenvalue weighted by Gasteiger charge is 2.32. The molecule has 0 amide bonds. The number of pyridine rings is 2. The maximum atomic E-state index is 14.8. The van der Waals surface area contributed by atoms with Crippen molar-refractivity contribution < 1.29 is 37.3 Å². The molecule has 32 heavy (non-hydrogen) atoms. The second-order valence-corrected chi connectivity index (χ2v) is 7.30. The summed E-state index contributed by atoms with van der Waals surface area (Å²) in [4.78, 5) is 29.5. The molecule has 1 aliphatic rings. The van der Waals surface area contributed by atoms with Crippen LogP contribution >= 0.6 is 11.6 Å². The molecule has 8 nitrogen and oxygen atoms in total. The van der Waals surface area contributed by atoms with E-state index in [1.807, 2.05) is 0 Å². The minimum atomic E-state index is -4.94. The van der Waals surface area contributed by atoms with Gasteiger partial charge in [-0.05, 0) is 18.2 Å². The average Bonchev–Trinajstić information content (AvgIpc) is 2.66. The minimum Gasteiger partial charge on any atom is -0.477 e. The summed E-state index contributed by atoms with van der Waals surface area (Å²) >= 11 is 6.41. The Hall–Kier alpha value is -3.38. The van der Waals surface area contributed by atoms with E-state index in [2.05, 4.69) is 9.72 Å². The van der Waals surface area contributed by atoms with E-state index in [9.17, 15) is 37.4 Å². The van der Waals surface area contributed by atoms with Gasteiger partial charge in [0.15, 0.2) is 0 Å². The average molecular weight is 474 g/mol. The summed E-state index contributed by atoms with van der Waals surface area (Å²) in [6.07, 6.45) is -3.99. The predicted molar refractivity (Wildman–Crippen MR) is 104 cm³/mol. The summed E-state index contributed by atoms with van der Waals surface area (Å²) in [6.45, 7) is 0.169. The molecule has 1 fully saturated rings. The number of alkyl halides is 3. The van der Waals surface area contributed by atoms with Gasteiger partial charge in [-0.25, -0.2) is 14.2 Å². The number of carboxylic acids is 1. The summed E-state index contributed by atoms with van der Waals surface area (Å²) in [5.74, 6) is -3.23. The third kappa shape index (κ3) is 3.82. The third-order valence-electron chi connectivity index (χ3n) is 4.77. The Labute approximate surface area is 180 Å². The molecule has 2 N–H and O–H groups in total. The summed E-state index contributed by atoms with van der Waals surface area (Å²) in [6, 6.07) is 2.85. The number of carboxylic acid groups (broad SMARTS) is 1. The molecule has 3 aromatic rings. The monoisotopic (exact) mass is 473 g/mol. The first kappa shape index (κ1) is 21.8. The number of carbonyl (C=O) groups is 1. The lowest BCUT2D eigenvalue weighted by Crippen LogP contribution is -2.51. The smallest absolute Gasteiger partial charge is 0.477 e. The molecule has 0 spiro atoms. The van der Waals surface area contributed by atoms with Crippen LogP contribution in [0, 0.1) is 5.82 Å². The van der Waals surface area contributed by atoms with E-state index in [4.69, 9.17) is 11.6 Å². The molecule has 2 aromatic heterocycles. The number of rotatable bonds is 4. The Bertz CT molecular complexity index is 1290. The van der Waals surface area contributed by atoms with Crippen molar-refractivity contribution in [3.63, 3.8) is 0 Å². The number of hydrogen-bond donors (Lipinski definition) is 2. The molecule has 4 rings (SSSR count). The van der Waals surface area contributed by atoms with Gasteiger partial charge in [-0.2, -0.15) is 0 Å². The van der Waals surface area contributed by atoms with E-state index < -0.39 is 41.0 Å². The van der Waals surface area contributed by atoms with E-state index in [0.29, 0.717) is 0 Å². The van der Waals surface area contributed by atoms with Gasteiger partial charge in [-0.15, -0.1) is 13.2 Å². The van der Waals surface area contributed by atoms with Crippen LogP contribution in [0.4, 0.5) is 23.2 Å². The van der Waals surface area contributed by atoms with Gasteiger partial charge in [0.05, 0.1) is 33.9 Å². The number of nitrogens with zero attached hydrogens (tertiary/aromatic N) is 3. The fraction of sp³-hybridized carbons (Fsp3) is 0.211. The number of hydrogen-bond acceptors (Lipinski definition) is 6. The standard InChI is InChI=1S/C19H12ClF4N3O5/c20-14-15-10(3-12(21)16(14)26-5-8(28)6-26)17(29)11(18(30)31)7-27(15)13-2-1-9(4-25-13)32-19(22,23)24/h1-4,7-8,28H,5-6H2,(H,30,31). The number of fused-ring (bicyclic) bond motifs is 1. The van der Waals surface area contributed by atoms with Crippen molar-refractivity contribution in [2.45, 2.75) is 12.5 Å². The Morgan fingerprint density at radius 3 is 2.50 bits per heavy atom. The van der Waals surface area contributed by atoms with E-state index in [1.165, 1.54) is 4.90 Å². The fourth-order valence-electron chi connectivity index (χ4n) is 3.37. The largest absolute Gasteiger partial charge is 0.573 e. The van der Waals surface area contributed by atoms with Gasteiger partial charge in [0.1, 0.15) is 22.9 Å². The van der Waals surface area contributed by atoms with E-state index >= 15 is 0 Å². The van der Waals surface area contributed by atoms with Gasteiger partial charge < -0.3 is 19.8 Å². The van der Waals surface area contributed by atoms with Crippen LogP contribution in [-0.2, 0) is 0 Å². The molecule has 1 aliphatic heterocycles. The van der Waals surface area contributed by atoms with Crippen LogP contribution in [0.25, 0.3) is 16.7 Å². The predicted octanol–water partition coefficient (Wildman–Crippen LogP) is 2.96. The molecule has 0 atom stereocenters. The van der Waals surface area contributed by atoms with E-state index in [0.717, 1.165) is 35.2 Å². The van der Waals surface area contributed by atoms with E-state index in [1.54, 1.807) is 0 Å². The molecule has 13 heteroatoms. The zero-order valence-corrected chi connectivity index (χ0v) is 16.5. The molecular formula is C19H12ClF4N3O5. The van der Waals surface area contributed by atoms with Crippen molar-refractivity contribution in [2.75, 3.05) is 18.0 Å². The maximum absolute atomic E-state index is 14.8. The number of aromatic nitrogens is 2. The van der Waals surface area contributed by atoms with Crippen molar-refractivity contribution in [1.82, 2.24) is 9.55 Å². The Kier molecular flexibility index (Phi) is 5.21. The number of aliphatic hydroxyl groups is 1. The minimum absolute atomic E-state index is 0.0846. The number of halogens is 5.